The topological polar surface area (TPSA) is 57.5 Å². The molecule has 0 spiro atoms. The quantitative estimate of drug-likeness (QED) is 0.738. The molecule has 0 saturated heterocycles. The van der Waals surface area contributed by atoms with Crippen molar-refractivity contribution >= 4 is 5.97 Å². The summed E-state index contributed by atoms with van der Waals surface area (Å²) in [6.07, 6.45) is 1.43. The van der Waals surface area contributed by atoms with Gasteiger partial charge < -0.3 is 10.2 Å². The van der Waals surface area contributed by atoms with Crippen LogP contribution in [0.1, 0.15) is 12.5 Å². The zero-order chi connectivity index (χ0) is 11.5. The molecule has 0 fully saturated rings. The SMILES string of the molecule is C=C[C@H](C)[C@@](O)(C(=O)O)c1ccccc1. The van der Waals surface area contributed by atoms with E-state index in [2.05, 4.69) is 6.58 Å². The first kappa shape index (κ1) is 11.5. The average molecular weight is 206 g/mol. The van der Waals surface area contributed by atoms with Gasteiger partial charge in [0.05, 0.1) is 0 Å². The van der Waals surface area contributed by atoms with Gasteiger partial charge in [0.15, 0.2) is 5.60 Å². The molecule has 0 radical (unpaired) electrons. The van der Waals surface area contributed by atoms with Crippen molar-refractivity contribution in [2.75, 3.05) is 0 Å². The Morgan fingerprint density at radius 1 is 1.47 bits per heavy atom. The van der Waals surface area contributed by atoms with Gasteiger partial charge in [-0.25, -0.2) is 4.79 Å². The number of carbonyl (C=O) groups is 1. The Hall–Kier alpha value is -1.61. The van der Waals surface area contributed by atoms with E-state index in [-0.39, 0.29) is 0 Å². The van der Waals surface area contributed by atoms with Crippen molar-refractivity contribution in [2.45, 2.75) is 12.5 Å². The predicted molar refractivity (Wildman–Crippen MR) is 57.3 cm³/mol. The second-order valence-corrected chi connectivity index (χ2v) is 3.46. The van der Waals surface area contributed by atoms with Gasteiger partial charge in [0.2, 0.25) is 0 Å². The maximum Gasteiger partial charge on any atom is 0.341 e. The third kappa shape index (κ3) is 1.92. The first-order valence-corrected chi connectivity index (χ1v) is 4.67. The summed E-state index contributed by atoms with van der Waals surface area (Å²) < 4.78 is 0. The Bertz CT molecular complexity index is 358. The summed E-state index contributed by atoms with van der Waals surface area (Å²) in [6.45, 7) is 5.13. The van der Waals surface area contributed by atoms with E-state index >= 15 is 0 Å². The van der Waals surface area contributed by atoms with E-state index in [1.165, 1.54) is 6.08 Å². The van der Waals surface area contributed by atoms with Gasteiger partial charge in [0, 0.05) is 5.92 Å². The van der Waals surface area contributed by atoms with E-state index in [0.29, 0.717) is 5.56 Å². The molecule has 0 saturated carbocycles. The summed E-state index contributed by atoms with van der Waals surface area (Å²) in [6, 6.07) is 8.34. The molecular weight excluding hydrogens is 192 g/mol. The van der Waals surface area contributed by atoms with Gasteiger partial charge >= 0.3 is 5.97 Å². The Morgan fingerprint density at radius 2 is 2.00 bits per heavy atom. The zero-order valence-corrected chi connectivity index (χ0v) is 8.55. The van der Waals surface area contributed by atoms with Crippen molar-refractivity contribution in [1.82, 2.24) is 0 Å². The normalized spacial score (nSPS) is 16.4. The number of hydrogen-bond acceptors (Lipinski definition) is 2. The van der Waals surface area contributed by atoms with Crippen LogP contribution in [0.2, 0.25) is 0 Å². The minimum atomic E-state index is -1.90. The van der Waals surface area contributed by atoms with Gasteiger partial charge in [-0.05, 0) is 5.56 Å². The molecule has 0 aliphatic rings. The zero-order valence-electron chi connectivity index (χ0n) is 8.55. The molecule has 15 heavy (non-hydrogen) atoms. The van der Waals surface area contributed by atoms with Crippen LogP contribution in [0, 0.1) is 5.92 Å². The van der Waals surface area contributed by atoms with Crippen molar-refractivity contribution in [1.29, 1.82) is 0 Å². The van der Waals surface area contributed by atoms with Crippen LogP contribution in [0.5, 0.6) is 0 Å². The second-order valence-electron chi connectivity index (χ2n) is 3.46. The van der Waals surface area contributed by atoms with E-state index in [1.54, 1.807) is 37.3 Å². The Morgan fingerprint density at radius 3 is 2.40 bits per heavy atom. The largest absolute Gasteiger partial charge is 0.479 e. The molecule has 3 heteroatoms. The minimum Gasteiger partial charge on any atom is -0.479 e. The van der Waals surface area contributed by atoms with Gasteiger partial charge in [-0.3, -0.25) is 0 Å². The molecule has 2 N–H and O–H groups in total. The average Bonchev–Trinajstić information content (AvgIpc) is 2.27. The number of hydrogen-bond donors (Lipinski definition) is 2. The Labute approximate surface area is 88.7 Å². The monoisotopic (exact) mass is 206 g/mol. The van der Waals surface area contributed by atoms with Crippen molar-refractivity contribution in [3.8, 4) is 0 Å². The highest BCUT2D eigenvalue weighted by Gasteiger charge is 2.42. The number of aliphatic carboxylic acids is 1. The fourth-order valence-corrected chi connectivity index (χ4v) is 1.44. The summed E-state index contributed by atoms with van der Waals surface area (Å²) in [5, 5.41) is 19.2. The lowest BCUT2D eigenvalue weighted by Crippen LogP contribution is -2.41. The van der Waals surface area contributed by atoms with Crippen molar-refractivity contribution in [3.63, 3.8) is 0 Å². The van der Waals surface area contributed by atoms with E-state index in [9.17, 15) is 9.90 Å². The molecule has 0 bridgehead atoms. The van der Waals surface area contributed by atoms with Crippen LogP contribution in [0.15, 0.2) is 43.0 Å². The van der Waals surface area contributed by atoms with Crippen LogP contribution in [-0.4, -0.2) is 16.2 Å². The molecule has 0 heterocycles. The van der Waals surface area contributed by atoms with Gasteiger partial charge in [0.1, 0.15) is 0 Å². The highest BCUT2D eigenvalue weighted by atomic mass is 16.4. The predicted octanol–water partition coefficient (Wildman–Crippen LogP) is 1.78. The summed E-state index contributed by atoms with van der Waals surface area (Å²) >= 11 is 0. The van der Waals surface area contributed by atoms with Gasteiger partial charge in [-0.2, -0.15) is 0 Å². The van der Waals surface area contributed by atoms with Crippen LogP contribution in [0.3, 0.4) is 0 Å². The molecule has 0 aromatic heterocycles. The molecule has 0 unspecified atom stereocenters. The third-order valence-corrected chi connectivity index (χ3v) is 2.55. The van der Waals surface area contributed by atoms with Gasteiger partial charge in [-0.1, -0.05) is 43.3 Å². The van der Waals surface area contributed by atoms with E-state index in [0.717, 1.165) is 0 Å². The summed E-state index contributed by atoms with van der Waals surface area (Å²) in [4.78, 5) is 11.1. The second kappa shape index (κ2) is 4.28. The molecule has 1 aromatic rings. The molecule has 1 aromatic carbocycles. The first-order valence-electron chi connectivity index (χ1n) is 4.67. The summed E-state index contributed by atoms with van der Waals surface area (Å²) in [5.74, 6) is -1.82. The van der Waals surface area contributed by atoms with Crippen LogP contribution in [-0.2, 0) is 10.4 Å². The van der Waals surface area contributed by atoms with E-state index in [1.807, 2.05) is 0 Å². The fourth-order valence-electron chi connectivity index (χ4n) is 1.44. The highest BCUT2D eigenvalue weighted by Crippen LogP contribution is 2.30. The minimum absolute atomic E-state index is 0.366. The van der Waals surface area contributed by atoms with Crippen LogP contribution in [0.4, 0.5) is 0 Å². The molecule has 0 aliphatic heterocycles. The lowest BCUT2D eigenvalue weighted by Gasteiger charge is -2.28. The third-order valence-electron chi connectivity index (χ3n) is 2.55. The highest BCUT2D eigenvalue weighted by molar-refractivity contribution is 5.79. The number of benzene rings is 1. The molecule has 1 rings (SSSR count). The lowest BCUT2D eigenvalue weighted by molar-refractivity contribution is -0.163. The maximum absolute atomic E-state index is 11.1. The van der Waals surface area contributed by atoms with Gasteiger partial charge in [0.25, 0.3) is 0 Å². The van der Waals surface area contributed by atoms with Crippen molar-refractivity contribution < 1.29 is 15.0 Å². The van der Waals surface area contributed by atoms with E-state index in [4.69, 9.17) is 5.11 Å². The molecule has 3 nitrogen and oxygen atoms in total. The number of rotatable bonds is 4. The van der Waals surface area contributed by atoms with Gasteiger partial charge in [-0.15, -0.1) is 6.58 Å². The van der Waals surface area contributed by atoms with E-state index < -0.39 is 17.5 Å². The number of aliphatic hydroxyl groups is 1. The maximum atomic E-state index is 11.1. The standard InChI is InChI=1S/C12H14O3/c1-3-9(2)12(15,11(13)14)10-7-5-4-6-8-10/h3-9,15H,1H2,2H3,(H,13,14)/t9-,12-/m0/s1. The Kier molecular flexibility index (Phi) is 3.27. The molecule has 0 aliphatic carbocycles. The number of carboxylic acid groups (broad SMARTS) is 1. The van der Waals surface area contributed by atoms with Crippen molar-refractivity contribution in [3.05, 3.63) is 48.6 Å². The molecular formula is C12H14O3. The van der Waals surface area contributed by atoms with Crippen molar-refractivity contribution in [2.24, 2.45) is 5.92 Å². The molecule has 0 amide bonds. The van der Waals surface area contributed by atoms with Crippen LogP contribution >= 0.6 is 0 Å². The lowest BCUT2D eigenvalue weighted by atomic mass is 9.82. The molecule has 2 atom stereocenters. The smallest absolute Gasteiger partial charge is 0.341 e. The van der Waals surface area contributed by atoms with Crippen LogP contribution in [0.25, 0.3) is 0 Å². The summed E-state index contributed by atoms with van der Waals surface area (Å²) in [5.41, 5.74) is -1.53. The molecule has 80 valence electrons. The fraction of sp³-hybridized carbons (Fsp3) is 0.250. The summed E-state index contributed by atoms with van der Waals surface area (Å²) in [7, 11) is 0. The number of carboxylic acids is 1. The Balaban J connectivity index is 3.24. The first-order chi connectivity index (χ1) is 7.03. The van der Waals surface area contributed by atoms with Crippen LogP contribution < -0.4 is 0 Å².